The zero-order valence-corrected chi connectivity index (χ0v) is 21.8. The fourth-order valence-corrected chi connectivity index (χ4v) is 5.00. The minimum absolute atomic E-state index is 0.0618. The molecule has 0 aliphatic rings. The molecule has 196 valence electrons. The largest absolute Gasteiger partial charge is 0.494 e. The number of hydrogen-bond donors (Lipinski definition) is 0. The van der Waals surface area contributed by atoms with Crippen molar-refractivity contribution in [1.82, 2.24) is 24.7 Å². The summed E-state index contributed by atoms with van der Waals surface area (Å²) in [6.07, 6.45) is 0.572. The number of rotatable bonds is 12. The minimum atomic E-state index is -3.93. The first-order valence-corrected chi connectivity index (χ1v) is 12.8. The molecule has 0 saturated carbocycles. The van der Waals surface area contributed by atoms with Crippen LogP contribution in [0.25, 0.3) is 5.69 Å². The third-order valence-electron chi connectivity index (χ3n) is 5.33. The van der Waals surface area contributed by atoms with Crippen LogP contribution in [0.2, 0.25) is 0 Å². The van der Waals surface area contributed by atoms with Gasteiger partial charge in [-0.3, -0.25) is 4.57 Å². The van der Waals surface area contributed by atoms with E-state index in [1.807, 2.05) is 0 Å². The number of methoxy groups -OCH3 is 3. The highest BCUT2D eigenvalue weighted by Gasteiger charge is 2.36. The third-order valence-corrected chi connectivity index (χ3v) is 7.37. The van der Waals surface area contributed by atoms with Crippen LogP contribution < -0.4 is 9.47 Å². The van der Waals surface area contributed by atoms with Gasteiger partial charge in [-0.25, -0.2) is 22.8 Å². The van der Waals surface area contributed by atoms with E-state index in [-0.39, 0.29) is 24.4 Å². The standard InChI is InChI=1S/C23H30FN5O6S/c1-14(2)35-22(23-25-10-16(24)11-26-23)15(3)36(30,31)13-20-28-27-19(12-32-4)29(20)21-17(33-5)8-7-9-18(21)34-6/h7-11,14-15,22H,12-13H2,1-6H3/t15-,22+/m0/s1. The van der Waals surface area contributed by atoms with Crippen molar-refractivity contribution in [3.8, 4) is 17.2 Å². The number of aromatic nitrogens is 5. The van der Waals surface area contributed by atoms with E-state index in [1.165, 1.54) is 28.3 Å². The molecule has 1 aromatic carbocycles. The van der Waals surface area contributed by atoms with Crippen molar-refractivity contribution in [2.75, 3.05) is 21.3 Å². The maximum atomic E-state index is 13.6. The van der Waals surface area contributed by atoms with E-state index in [2.05, 4.69) is 20.2 Å². The van der Waals surface area contributed by atoms with Crippen molar-refractivity contribution >= 4 is 9.84 Å². The summed E-state index contributed by atoms with van der Waals surface area (Å²) < 4.78 is 64.4. The Kier molecular flexibility index (Phi) is 8.93. The average Bonchev–Trinajstić information content (AvgIpc) is 3.22. The molecule has 13 heteroatoms. The summed E-state index contributed by atoms with van der Waals surface area (Å²) in [6.45, 7) is 5.08. The molecule has 0 radical (unpaired) electrons. The number of ether oxygens (including phenoxy) is 4. The van der Waals surface area contributed by atoms with Crippen LogP contribution in [0.15, 0.2) is 30.6 Å². The minimum Gasteiger partial charge on any atom is -0.494 e. The van der Waals surface area contributed by atoms with Crippen molar-refractivity contribution < 1.29 is 31.8 Å². The van der Waals surface area contributed by atoms with Gasteiger partial charge in [0.2, 0.25) is 0 Å². The lowest BCUT2D eigenvalue weighted by Crippen LogP contribution is -2.32. The summed E-state index contributed by atoms with van der Waals surface area (Å²) in [6, 6.07) is 5.18. The van der Waals surface area contributed by atoms with E-state index in [0.717, 1.165) is 12.4 Å². The predicted octanol–water partition coefficient (Wildman–Crippen LogP) is 2.83. The molecule has 2 aromatic heterocycles. The highest BCUT2D eigenvalue weighted by atomic mass is 32.2. The first-order valence-electron chi connectivity index (χ1n) is 11.1. The first-order chi connectivity index (χ1) is 17.1. The van der Waals surface area contributed by atoms with Gasteiger partial charge >= 0.3 is 0 Å². The van der Waals surface area contributed by atoms with Gasteiger partial charge in [-0.2, -0.15) is 0 Å². The number of nitrogens with zero attached hydrogens (tertiary/aromatic N) is 5. The molecular formula is C23H30FN5O6S. The zero-order chi connectivity index (χ0) is 26.5. The molecule has 3 aromatic rings. The number of halogens is 1. The summed E-state index contributed by atoms with van der Waals surface area (Å²) in [5.74, 6) is 0.273. The monoisotopic (exact) mass is 523 g/mol. The molecule has 3 rings (SSSR count). The Bertz CT molecular complexity index is 1240. The molecule has 2 heterocycles. The fraction of sp³-hybridized carbons (Fsp3) is 0.478. The lowest BCUT2D eigenvalue weighted by Gasteiger charge is -2.25. The highest BCUT2D eigenvalue weighted by molar-refractivity contribution is 7.91. The van der Waals surface area contributed by atoms with Gasteiger partial charge in [0.1, 0.15) is 35.7 Å². The van der Waals surface area contributed by atoms with Crippen LogP contribution in [0.3, 0.4) is 0 Å². The molecule has 0 spiro atoms. The Balaban J connectivity index is 2.07. The number of sulfone groups is 1. The van der Waals surface area contributed by atoms with Gasteiger partial charge in [0.15, 0.2) is 33.1 Å². The summed E-state index contributed by atoms with van der Waals surface area (Å²) >= 11 is 0. The zero-order valence-electron chi connectivity index (χ0n) is 21.0. The molecule has 0 unspecified atom stereocenters. The van der Waals surface area contributed by atoms with Crippen LogP contribution in [0.5, 0.6) is 11.5 Å². The van der Waals surface area contributed by atoms with E-state index >= 15 is 0 Å². The van der Waals surface area contributed by atoms with Crippen molar-refractivity contribution in [1.29, 1.82) is 0 Å². The maximum absolute atomic E-state index is 13.6. The van der Waals surface area contributed by atoms with Crippen molar-refractivity contribution in [3.05, 3.63) is 53.9 Å². The molecule has 2 atom stereocenters. The van der Waals surface area contributed by atoms with E-state index < -0.39 is 32.8 Å². The predicted molar refractivity (Wildman–Crippen MR) is 128 cm³/mol. The number of benzene rings is 1. The van der Waals surface area contributed by atoms with Crippen molar-refractivity contribution in [2.45, 2.75) is 50.6 Å². The molecule has 0 amide bonds. The van der Waals surface area contributed by atoms with Crippen LogP contribution in [-0.2, 0) is 31.7 Å². The molecule has 0 aliphatic heterocycles. The van der Waals surface area contributed by atoms with E-state index in [1.54, 1.807) is 36.6 Å². The fourth-order valence-electron chi connectivity index (χ4n) is 3.62. The van der Waals surface area contributed by atoms with Gasteiger partial charge in [-0.15, -0.1) is 10.2 Å². The van der Waals surface area contributed by atoms with E-state index in [9.17, 15) is 12.8 Å². The molecular weight excluding hydrogens is 493 g/mol. The van der Waals surface area contributed by atoms with Gasteiger partial charge in [0.25, 0.3) is 0 Å². The van der Waals surface area contributed by atoms with Gasteiger partial charge in [-0.05, 0) is 32.9 Å². The molecule has 0 saturated heterocycles. The Labute approximate surface area is 209 Å². The van der Waals surface area contributed by atoms with Gasteiger partial charge < -0.3 is 18.9 Å². The smallest absolute Gasteiger partial charge is 0.163 e. The summed E-state index contributed by atoms with van der Waals surface area (Å²) in [5, 5.41) is 7.21. The Morgan fingerprint density at radius 2 is 1.56 bits per heavy atom. The van der Waals surface area contributed by atoms with Gasteiger partial charge in [0, 0.05) is 7.11 Å². The first kappa shape index (κ1) is 27.4. The highest BCUT2D eigenvalue weighted by Crippen LogP contribution is 2.35. The number of para-hydroxylation sites is 1. The van der Waals surface area contributed by atoms with Crippen molar-refractivity contribution in [2.24, 2.45) is 0 Å². The molecule has 0 bridgehead atoms. The molecule has 36 heavy (non-hydrogen) atoms. The normalized spacial score (nSPS) is 13.6. The molecule has 11 nitrogen and oxygen atoms in total. The van der Waals surface area contributed by atoms with Crippen molar-refractivity contribution in [3.63, 3.8) is 0 Å². The lowest BCUT2D eigenvalue weighted by molar-refractivity contribution is 0.00133. The SMILES string of the molecule is COCc1nnc(CS(=O)(=O)[C@@H](C)[C@@H](OC(C)C)c2ncc(F)cn2)n1-c1c(OC)cccc1OC. The van der Waals surface area contributed by atoms with E-state index in [0.29, 0.717) is 23.0 Å². The Hall–Kier alpha value is -3.16. The lowest BCUT2D eigenvalue weighted by atomic mass is 10.2. The van der Waals surface area contributed by atoms with E-state index in [4.69, 9.17) is 18.9 Å². The maximum Gasteiger partial charge on any atom is 0.163 e. The van der Waals surface area contributed by atoms with Crippen LogP contribution in [0.1, 0.15) is 44.3 Å². The summed E-state index contributed by atoms with van der Waals surface area (Å²) in [7, 11) is 0.549. The Morgan fingerprint density at radius 3 is 2.08 bits per heavy atom. The number of hydrogen-bond acceptors (Lipinski definition) is 10. The van der Waals surface area contributed by atoms with Gasteiger partial charge in [0.05, 0.1) is 38.0 Å². The quantitative estimate of drug-likeness (QED) is 0.350. The summed E-state index contributed by atoms with van der Waals surface area (Å²) in [5.41, 5.74) is 0.439. The van der Waals surface area contributed by atoms with Crippen LogP contribution in [0, 0.1) is 5.82 Å². The van der Waals surface area contributed by atoms with Gasteiger partial charge in [-0.1, -0.05) is 6.07 Å². The summed E-state index contributed by atoms with van der Waals surface area (Å²) in [4.78, 5) is 7.91. The molecule has 0 aliphatic carbocycles. The molecule has 0 fully saturated rings. The second-order valence-corrected chi connectivity index (χ2v) is 10.5. The topological polar surface area (TPSA) is 128 Å². The second kappa shape index (κ2) is 11.7. The average molecular weight is 524 g/mol. The Morgan fingerprint density at radius 1 is 0.972 bits per heavy atom. The molecule has 0 N–H and O–H groups in total. The van der Waals surface area contributed by atoms with Crippen LogP contribution in [-0.4, -0.2) is 65.8 Å². The van der Waals surface area contributed by atoms with Crippen LogP contribution >= 0.6 is 0 Å². The third kappa shape index (κ3) is 5.97. The second-order valence-electron chi connectivity index (χ2n) is 8.19. The van der Waals surface area contributed by atoms with Crippen LogP contribution in [0.4, 0.5) is 4.39 Å².